The first kappa shape index (κ1) is 13.0. The smallest absolute Gasteiger partial charge is 0.235 e. The molecule has 0 unspecified atom stereocenters. The number of benzene rings is 1. The predicted octanol–water partition coefficient (Wildman–Crippen LogP) is 2.28. The van der Waals surface area contributed by atoms with Crippen molar-refractivity contribution >= 4 is 17.5 Å². The summed E-state index contributed by atoms with van der Waals surface area (Å²) in [7, 11) is 0. The van der Waals surface area contributed by atoms with Gasteiger partial charge in [-0.3, -0.25) is 0 Å². The molecule has 6 heteroatoms. The largest absolute Gasteiger partial charge is 0.419 e. The number of hydrogen-bond donors (Lipinski definition) is 1. The minimum Gasteiger partial charge on any atom is -0.419 e. The number of aromatic nitrogens is 1. The standard InChI is InChI=1S/C14H13ClN4O/c15-11-3-1-10(2-4-11)13-18-12(9-16)14(20-13)19-7-5-17-6-8-19/h1-4,17H,5-8H2. The summed E-state index contributed by atoms with van der Waals surface area (Å²) in [6.45, 7) is 3.37. The van der Waals surface area contributed by atoms with Crippen molar-refractivity contribution in [2.24, 2.45) is 0 Å². The molecule has 0 spiro atoms. The molecule has 5 nitrogen and oxygen atoms in total. The lowest BCUT2D eigenvalue weighted by molar-refractivity contribution is 0.512. The fourth-order valence-corrected chi connectivity index (χ4v) is 2.31. The first-order chi connectivity index (χ1) is 9.78. The fraction of sp³-hybridized carbons (Fsp3) is 0.286. The molecule has 0 saturated carbocycles. The van der Waals surface area contributed by atoms with Crippen LogP contribution >= 0.6 is 11.6 Å². The molecule has 1 fully saturated rings. The molecule has 20 heavy (non-hydrogen) atoms. The highest BCUT2D eigenvalue weighted by molar-refractivity contribution is 6.30. The molecule has 1 aliphatic heterocycles. The lowest BCUT2D eigenvalue weighted by Gasteiger charge is -2.26. The first-order valence-electron chi connectivity index (χ1n) is 6.40. The summed E-state index contributed by atoms with van der Waals surface area (Å²) in [6, 6.07) is 9.31. The summed E-state index contributed by atoms with van der Waals surface area (Å²) in [4.78, 5) is 6.31. The number of anilines is 1. The molecule has 1 aliphatic rings. The van der Waals surface area contributed by atoms with Crippen LogP contribution in [0.4, 0.5) is 5.88 Å². The lowest BCUT2D eigenvalue weighted by Crippen LogP contribution is -2.43. The molecule has 1 saturated heterocycles. The van der Waals surface area contributed by atoms with Crippen LogP contribution in [0.5, 0.6) is 0 Å². The monoisotopic (exact) mass is 288 g/mol. The van der Waals surface area contributed by atoms with Crippen molar-refractivity contribution in [1.29, 1.82) is 5.26 Å². The zero-order valence-corrected chi connectivity index (χ0v) is 11.5. The van der Waals surface area contributed by atoms with Gasteiger partial charge in [0.2, 0.25) is 17.5 Å². The molecule has 3 rings (SSSR count). The van der Waals surface area contributed by atoms with Crippen molar-refractivity contribution in [2.75, 3.05) is 31.1 Å². The van der Waals surface area contributed by atoms with Gasteiger partial charge in [-0.2, -0.15) is 10.2 Å². The van der Waals surface area contributed by atoms with E-state index in [9.17, 15) is 5.26 Å². The Balaban J connectivity index is 1.96. The van der Waals surface area contributed by atoms with Crippen LogP contribution in [0.15, 0.2) is 28.7 Å². The van der Waals surface area contributed by atoms with Crippen LogP contribution in [0.1, 0.15) is 5.69 Å². The Kier molecular flexibility index (Phi) is 3.59. The van der Waals surface area contributed by atoms with Crippen molar-refractivity contribution in [3.8, 4) is 17.5 Å². The van der Waals surface area contributed by atoms with Crippen LogP contribution in [0.2, 0.25) is 5.02 Å². The van der Waals surface area contributed by atoms with Gasteiger partial charge in [-0.15, -0.1) is 0 Å². The molecular weight excluding hydrogens is 276 g/mol. The molecule has 1 N–H and O–H groups in total. The third kappa shape index (κ3) is 2.48. The van der Waals surface area contributed by atoms with E-state index in [0.717, 1.165) is 31.7 Å². The van der Waals surface area contributed by atoms with E-state index >= 15 is 0 Å². The maximum atomic E-state index is 9.22. The van der Waals surface area contributed by atoms with Gasteiger partial charge < -0.3 is 14.6 Å². The molecule has 102 valence electrons. The lowest BCUT2D eigenvalue weighted by atomic mass is 10.2. The van der Waals surface area contributed by atoms with E-state index in [4.69, 9.17) is 16.0 Å². The summed E-state index contributed by atoms with van der Waals surface area (Å²) < 4.78 is 5.79. The second-order valence-electron chi connectivity index (χ2n) is 4.53. The number of nitrogens with one attached hydrogen (secondary N) is 1. The molecule has 2 heterocycles. The maximum Gasteiger partial charge on any atom is 0.235 e. The van der Waals surface area contributed by atoms with Gasteiger partial charge in [0.25, 0.3) is 0 Å². The van der Waals surface area contributed by atoms with Crippen molar-refractivity contribution in [3.63, 3.8) is 0 Å². The van der Waals surface area contributed by atoms with Crippen molar-refractivity contribution < 1.29 is 4.42 Å². The van der Waals surface area contributed by atoms with Gasteiger partial charge in [-0.05, 0) is 24.3 Å². The van der Waals surface area contributed by atoms with Crippen LogP contribution in [-0.2, 0) is 0 Å². The molecule has 0 bridgehead atoms. The SMILES string of the molecule is N#Cc1nc(-c2ccc(Cl)cc2)oc1N1CCNCC1. The van der Waals surface area contributed by atoms with E-state index in [-0.39, 0.29) is 0 Å². The summed E-state index contributed by atoms with van der Waals surface area (Å²) in [5, 5.41) is 13.1. The number of halogens is 1. The highest BCUT2D eigenvalue weighted by Crippen LogP contribution is 2.28. The minimum absolute atomic E-state index is 0.330. The van der Waals surface area contributed by atoms with Gasteiger partial charge in [0, 0.05) is 36.8 Å². The quantitative estimate of drug-likeness (QED) is 0.918. The number of oxazole rings is 1. The topological polar surface area (TPSA) is 65.1 Å². The molecule has 0 atom stereocenters. The molecule has 0 amide bonds. The van der Waals surface area contributed by atoms with Gasteiger partial charge in [-0.1, -0.05) is 11.6 Å². The average Bonchev–Trinajstić information content (AvgIpc) is 2.93. The van der Waals surface area contributed by atoms with Gasteiger partial charge in [0.15, 0.2) is 0 Å². The third-order valence-electron chi connectivity index (χ3n) is 3.21. The number of nitrogens with zero attached hydrogens (tertiary/aromatic N) is 3. The Morgan fingerprint density at radius 3 is 2.60 bits per heavy atom. The minimum atomic E-state index is 0.330. The van der Waals surface area contributed by atoms with E-state index in [1.54, 1.807) is 12.1 Å². The van der Waals surface area contributed by atoms with Gasteiger partial charge >= 0.3 is 0 Å². The zero-order valence-electron chi connectivity index (χ0n) is 10.8. The molecule has 1 aromatic heterocycles. The first-order valence-corrected chi connectivity index (χ1v) is 6.78. The van der Waals surface area contributed by atoms with Crippen molar-refractivity contribution in [3.05, 3.63) is 35.0 Å². The van der Waals surface area contributed by atoms with Crippen LogP contribution < -0.4 is 10.2 Å². The predicted molar refractivity (Wildman–Crippen MR) is 76.7 cm³/mol. The molecule has 2 aromatic rings. The summed E-state index contributed by atoms with van der Waals surface area (Å²) in [5.41, 5.74) is 1.14. The highest BCUT2D eigenvalue weighted by atomic mass is 35.5. The Bertz CT molecular complexity index is 638. The fourth-order valence-electron chi connectivity index (χ4n) is 2.18. The van der Waals surface area contributed by atoms with Gasteiger partial charge in [-0.25, -0.2) is 0 Å². The second-order valence-corrected chi connectivity index (χ2v) is 4.96. The Morgan fingerprint density at radius 2 is 1.95 bits per heavy atom. The Hall–Kier alpha value is -2.03. The Labute approximate surface area is 121 Å². The number of hydrogen-bond acceptors (Lipinski definition) is 5. The Morgan fingerprint density at radius 1 is 1.25 bits per heavy atom. The summed E-state index contributed by atoms with van der Waals surface area (Å²) in [5.74, 6) is 1.01. The maximum absolute atomic E-state index is 9.22. The second kappa shape index (κ2) is 5.53. The summed E-state index contributed by atoms with van der Waals surface area (Å²) >= 11 is 5.87. The van der Waals surface area contributed by atoms with Crippen LogP contribution in [0.25, 0.3) is 11.5 Å². The molecule has 1 aromatic carbocycles. The molecule has 0 radical (unpaired) electrons. The highest BCUT2D eigenvalue weighted by Gasteiger charge is 2.21. The number of rotatable bonds is 2. The van der Waals surface area contributed by atoms with E-state index in [2.05, 4.69) is 16.4 Å². The van der Waals surface area contributed by atoms with Crippen molar-refractivity contribution in [2.45, 2.75) is 0 Å². The van der Waals surface area contributed by atoms with E-state index in [1.807, 2.05) is 17.0 Å². The van der Waals surface area contributed by atoms with Crippen LogP contribution in [0, 0.1) is 11.3 Å². The molecular formula is C14H13ClN4O. The summed E-state index contributed by atoms with van der Waals surface area (Å²) in [6.07, 6.45) is 0. The van der Waals surface area contributed by atoms with E-state index in [1.165, 1.54) is 0 Å². The number of piperazine rings is 1. The molecule has 0 aliphatic carbocycles. The van der Waals surface area contributed by atoms with Crippen LogP contribution in [0.3, 0.4) is 0 Å². The van der Waals surface area contributed by atoms with Crippen molar-refractivity contribution in [1.82, 2.24) is 10.3 Å². The van der Waals surface area contributed by atoms with Gasteiger partial charge in [0.1, 0.15) is 6.07 Å². The van der Waals surface area contributed by atoms with E-state index in [0.29, 0.717) is 22.5 Å². The number of nitriles is 1. The zero-order chi connectivity index (χ0) is 13.9. The third-order valence-corrected chi connectivity index (χ3v) is 3.46. The van der Waals surface area contributed by atoms with Crippen LogP contribution in [-0.4, -0.2) is 31.2 Å². The van der Waals surface area contributed by atoms with Gasteiger partial charge in [0.05, 0.1) is 0 Å². The average molecular weight is 289 g/mol. The van der Waals surface area contributed by atoms with E-state index < -0.39 is 0 Å². The normalized spacial score (nSPS) is 15.1.